The molecular formula is C22H25NO3. The zero-order valence-electron chi connectivity index (χ0n) is 15.3. The van der Waals surface area contributed by atoms with Crippen LogP contribution < -0.4 is 0 Å². The molecule has 4 rings (SSSR count). The summed E-state index contributed by atoms with van der Waals surface area (Å²) in [4.78, 5) is 14.4. The Balaban J connectivity index is 1.52. The van der Waals surface area contributed by atoms with Crippen molar-refractivity contribution in [2.75, 3.05) is 13.2 Å². The number of rotatable bonds is 3. The highest BCUT2D eigenvalue weighted by Gasteiger charge is 2.39. The first-order valence-electron chi connectivity index (χ1n) is 9.31. The summed E-state index contributed by atoms with van der Waals surface area (Å²) < 4.78 is 5.72. The van der Waals surface area contributed by atoms with Gasteiger partial charge in [-0.15, -0.1) is 0 Å². The van der Waals surface area contributed by atoms with Crippen molar-refractivity contribution in [1.82, 2.24) is 4.90 Å². The largest absolute Gasteiger partial charge is 0.448 e. The average molecular weight is 351 g/mol. The van der Waals surface area contributed by atoms with E-state index in [2.05, 4.69) is 24.3 Å². The van der Waals surface area contributed by atoms with Crippen LogP contribution in [0, 0.1) is 0 Å². The Morgan fingerprint density at radius 3 is 2.27 bits per heavy atom. The highest BCUT2D eigenvalue weighted by Crippen LogP contribution is 2.44. The van der Waals surface area contributed by atoms with Crippen LogP contribution in [0.15, 0.2) is 48.5 Å². The van der Waals surface area contributed by atoms with Gasteiger partial charge in [0.05, 0.1) is 11.6 Å². The fourth-order valence-electron chi connectivity index (χ4n) is 4.40. The first-order chi connectivity index (χ1) is 12.5. The van der Waals surface area contributed by atoms with E-state index in [1.165, 1.54) is 22.3 Å². The van der Waals surface area contributed by atoms with Crippen LogP contribution in [0.4, 0.5) is 4.79 Å². The molecule has 1 N–H and O–H groups in total. The van der Waals surface area contributed by atoms with Gasteiger partial charge in [0.1, 0.15) is 6.61 Å². The molecule has 1 heterocycles. The Hall–Kier alpha value is -2.33. The van der Waals surface area contributed by atoms with Crippen molar-refractivity contribution in [3.05, 3.63) is 59.7 Å². The van der Waals surface area contributed by atoms with Crippen molar-refractivity contribution in [2.24, 2.45) is 0 Å². The number of aliphatic hydroxyl groups is 1. The molecule has 0 radical (unpaired) electrons. The van der Waals surface area contributed by atoms with E-state index in [0.29, 0.717) is 13.2 Å². The van der Waals surface area contributed by atoms with Gasteiger partial charge in [0.15, 0.2) is 0 Å². The number of amides is 1. The second-order valence-corrected chi connectivity index (χ2v) is 7.81. The van der Waals surface area contributed by atoms with Crippen molar-refractivity contribution < 1.29 is 14.6 Å². The number of ether oxygens (including phenoxy) is 1. The number of hydrogen-bond donors (Lipinski definition) is 1. The van der Waals surface area contributed by atoms with Gasteiger partial charge >= 0.3 is 6.09 Å². The molecule has 1 saturated heterocycles. The Labute approximate surface area is 154 Å². The highest BCUT2D eigenvalue weighted by molar-refractivity contribution is 5.79. The summed E-state index contributed by atoms with van der Waals surface area (Å²) in [5.41, 5.74) is 3.95. The summed E-state index contributed by atoms with van der Waals surface area (Å²) in [5, 5.41) is 10.3. The third-order valence-electron chi connectivity index (χ3n) is 5.64. The predicted octanol–water partition coefficient (Wildman–Crippen LogP) is 4.17. The molecule has 0 bridgehead atoms. The van der Waals surface area contributed by atoms with E-state index in [4.69, 9.17) is 4.74 Å². The van der Waals surface area contributed by atoms with Gasteiger partial charge in [-0.25, -0.2) is 4.79 Å². The highest BCUT2D eigenvalue weighted by atomic mass is 16.6. The Morgan fingerprint density at radius 1 is 1.12 bits per heavy atom. The summed E-state index contributed by atoms with van der Waals surface area (Å²) in [6, 6.07) is 16.4. The lowest BCUT2D eigenvalue weighted by Crippen LogP contribution is -2.48. The van der Waals surface area contributed by atoms with Crippen LogP contribution in [-0.4, -0.2) is 40.9 Å². The minimum atomic E-state index is -0.915. The summed E-state index contributed by atoms with van der Waals surface area (Å²) in [6.07, 6.45) is 1.39. The number of carbonyl (C=O) groups excluding carboxylic acids is 1. The van der Waals surface area contributed by atoms with Crippen LogP contribution in [-0.2, 0) is 4.74 Å². The molecule has 1 atom stereocenters. The molecule has 26 heavy (non-hydrogen) atoms. The minimum absolute atomic E-state index is 0.0644. The summed E-state index contributed by atoms with van der Waals surface area (Å²) in [7, 11) is 0. The topological polar surface area (TPSA) is 49.8 Å². The van der Waals surface area contributed by atoms with Crippen molar-refractivity contribution in [3.63, 3.8) is 0 Å². The number of benzene rings is 2. The van der Waals surface area contributed by atoms with Crippen LogP contribution in [0.2, 0.25) is 0 Å². The van der Waals surface area contributed by atoms with E-state index in [1.807, 2.05) is 24.3 Å². The molecule has 1 aliphatic heterocycles. The lowest BCUT2D eigenvalue weighted by Gasteiger charge is -2.33. The minimum Gasteiger partial charge on any atom is -0.448 e. The van der Waals surface area contributed by atoms with Gasteiger partial charge < -0.3 is 14.7 Å². The maximum atomic E-state index is 12.7. The van der Waals surface area contributed by atoms with E-state index in [0.717, 1.165) is 12.8 Å². The third kappa shape index (κ3) is 2.88. The molecule has 2 aliphatic rings. The van der Waals surface area contributed by atoms with Crippen LogP contribution in [0.25, 0.3) is 11.1 Å². The molecule has 1 aliphatic carbocycles. The SMILES string of the molecule is CC(C)(O)[C@@H]1CCCN1C(=O)OCC1c2ccccc2-c2ccccc21. The molecule has 0 spiro atoms. The molecule has 1 fully saturated rings. The van der Waals surface area contributed by atoms with Gasteiger partial charge in [0, 0.05) is 12.5 Å². The first kappa shape index (κ1) is 17.1. The van der Waals surface area contributed by atoms with Crippen molar-refractivity contribution in [3.8, 4) is 11.1 Å². The number of fused-ring (bicyclic) bond motifs is 3. The molecule has 136 valence electrons. The molecule has 0 unspecified atom stereocenters. The maximum absolute atomic E-state index is 12.7. The first-order valence-corrected chi connectivity index (χ1v) is 9.31. The van der Waals surface area contributed by atoms with Crippen LogP contribution in [0.3, 0.4) is 0 Å². The van der Waals surface area contributed by atoms with Gasteiger partial charge in [-0.05, 0) is 48.9 Å². The Morgan fingerprint density at radius 2 is 1.69 bits per heavy atom. The maximum Gasteiger partial charge on any atom is 0.410 e. The zero-order valence-corrected chi connectivity index (χ0v) is 15.3. The standard InChI is InChI=1S/C22H25NO3/c1-22(2,25)20-12-7-13-23(20)21(24)26-14-19-17-10-5-3-8-15(17)16-9-4-6-11-18(16)19/h3-6,8-11,19-20,25H,7,12-14H2,1-2H3/t20-/m0/s1. The molecule has 4 nitrogen and oxygen atoms in total. The number of likely N-dealkylation sites (tertiary alicyclic amines) is 1. The molecule has 4 heteroatoms. The average Bonchev–Trinajstić information content (AvgIpc) is 3.23. The second kappa shape index (κ2) is 6.44. The van der Waals surface area contributed by atoms with Crippen molar-refractivity contribution in [1.29, 1.82) is 0 Å². The van der Waals surface area contributed by atoms with E-state index in [-0.39, 0.29) is 18.1 Å². The van der Waals surface area contributed by atoms with E-state index in [9.17, 15) is 9.90 Å². The fourth-order valence-corrected chi connectivity index (χ4v) is 4.40. The van der Waals surface area contributed by atoms with Crippen molar-refractivity contribution in [2.45, 2.75) is 44.2 Å². The summed E-state index contributed by atoms with van der Waals surface area (Å²) >= 11 is 0. The number of nitrogens with zero attached hydrogens (tertiary/aromatic N) is 1. The van der Waals surface area contributed by atoms with Crippen LogP contribution >= 0.6 is 0 Å². The summed E-state index contributed by atoms with van der Waals surface area (Å²) in [5.74, 6) is 0.0644. The molecule has 1 amide bonds. The number of hydrogen-bond acceptors (Lipinski definition) is 3. The van der Waals surface area contributed by atoms with Gasteiger partial charge in [-0.3, -0.25) is 0 Å². The molecule has 0 saturated carbocycles. The predicted molar refractivity (Wildman–Crippen MR) is 101 cm³/mol. The molecule has 0 aromatic heterocycles. The molecule has 2 aromatic carbocycles. The summed E-state index contributed by atoms with van der Waals surface area (Å²) in [6.45, 7) is 4.48. The van der Waals surface area contributed by atoms with Gasteiger partial charge in [0.2, 0.25) is 0 Å². The van der Waals surface area contributed by atoms with E-state index in [1.54, 1.807) is 18.7 Å². The fraction of sp³-hybridized carbons (Fsp3) is 0.409. The Kier molecular flexibility index (Phi) is 4.23. The zero-order chi connectivity index (χ0) is 18.3. The van der Waals surface area contributed by atoms with Crippen LogP contribution in [0.1, 0.15) is 43.7 Å². The lowest BCUT2D eigenvalue weighted by molar-refractivity contribution is -0.00474. The van der Waals surface area contributed by atoms with E-state index < -0.39 is 5.60 Å². The van der Waals surface area contributed by atoms with Crippen molar-refractivity contribution >= 4 is 6.09 Å². The Bertz CT molecular complexity index is 779. The van der Waals surface area contributed by atoms with Gasteiger partial charge in [-0.2, -0.15) is 0 Å². The monoisotopic (exact) mass is 351 g/mol. The smallest absolute Gasteiger partial charge is 0.410 e. The third-order valence-corrected chi connectivity index (χ3v) is 5.64. The normalized spacial score (nSPS) is 19.3. The lowest BCUT2D eigenvalue weighted by atomic mass is 9.97. The molecule has 2 aromatic rings. The quantitative estimate of drug-likeness (QED) is 0.903. The van der Waals surface area contributed by atoms with Gasteiger partial charge in [-0.1, -0.05) is 48.5 Å². The molecular weight excluding hydrogens is 326 g/mol. The van der Waals surface area contributed by atoms with Gasteiger partial charge in [0.25, 0.3) is 0 Å². The second-order valence-electron chi connectivity index (χ2n) is 7.81. The number of carbonyl (C=O) groups is 1. The van der Waals surface area contributed by atoms with Crippen LogP contribution in [0.5, 0.6) is 0 Å². The van der Waals surface area contributed by atoms with E-state index >= 15 is 0 Å².